The van der Waals surface area contributed by atoms with Crippen LogP contribution in [0.5, 0.6) is 11.5 Å². The fourth-order valence-corrected chi connectivity index (χ4v) is 4.30. The van der Waals surface area contributed by atoms with E-state index in [1.807, 2.05) is 19.9 Å². The molecule has 0 saturated heterocycles. The largest absolute Gasteiger partial charge is 0.508 e. The Bertz CT molecular complexity index is 986. The van der Waals surface area contributed by atoms with Crippen molar-refractivity contribution in [2.75, 3.05) is 25.5 Å². The monoisotopic (exact) mass is 489 g/mol. The first kappa shape index (κ1) is 27.5. The second-order valence-electron chi connectivity index (χ2n) is 8.77. The quantitative estimate of drug-likeness (QED) is 0.218. The Hall–Kier alpha value is -2.79. The zero-order chi connectivity index (χ0) is 25.3. The number of aldehydes is 1. The Morgan fingerprint density at radius 1 is 1.15 bits per heavy atom. The number of hydrogen-bond acceptors (Lipinski definition) is 9. The van der Waals surface area contributed by atoms with Gasteiger partial charge in [0.05, 0.1) is 10.9 Å². The summed E-state index contributed by atoms with van der Waals surface area (Å²) in [6.07, 6.45) is 0.666. The fourth-order valence-electron chi connectivity index (χ4n) is 3.33. The van der Waals surface area contributed by atoms with Crippen molar-refractivity contribution in [2.24, 2.45) is 16.9 Å². The lowest BCUT2D eigenvalue weighted by atomic mass is 9.93. The Morgan fingerprint density at radius 3 is 2.53 bits per heavy atom. The lowest BCUT2D eigenvalue weighted by Crippen LogP contribution is -2.45. The Morgan fingerprint density at radius 2 is 1.85 bits per heavy atom. The van der Waals surface area contributed by atoms with E-state index < -0.39 is 6.04 Å². The number of anilines is 1. The standard InChI is InChI=1S/C23H30N4O4S.CH5N/c1-23(2,14-26-22(31)19(24)7-8-28)13-25-17-4-3-15-11-27(12-16(15)9-17)32-21-6-5-18(29)10-20(21)30;1-2/h3-6,8-10,19,25,29-30H,7,11-14,24H2,1-2H3,(H,26,31);2H2,1H3. The first-order valence-corrected chi connectivity index (χ1v) is 11.8. The minimum absolute atomic E-state index is 0.0152. The lowest BCUT2D eigenvalue weighted by molar-refractivity contribution is -0.124. The van der Waals surface area contributed by atoms with Gasteiger partial charge in [-0.15, -0.1) is 0 Å². The first-order chi connectivity index (χ1) is 16.2. The van der Waals surface area contributed by atoms with Crippen molar-refractivity contribution in [2.45, 2.75) is 44.3 Å². The molecule has 3 rings (SSSR count). The van der Waals surface area contributed by atoms with E-state index in [1.54, 1.807) is 12.1 Å². The van der Waals surface area contributed by atoms with Crippen molar-refractivity contribution >= 4 is 29.8 Å². The van der Waals surface area contributed by atoms with Crippen LogP contribution in [0.4, 0.5) is 5.69 Å². The van der Waals surface area contributed by atoms with Gasteiger partial charge in [0.2, 0.25) is 5.91 Å². The molecule has 2 aromatic rings. The Balaban J connectivity index is 0.00000199. The van der Waals surface area contributed by atoms with Gasteiger partial charge in [-0.25, -0.2) is 4.31 Å². The van der Waals surface area contributed by atoms with Crippen LogP contribution in [0.1, 0.15) is 31.4 Å². The van der Waals surface area contributed by atoms with E-state index >= 15 is 0 Å². The van der Waals surface area contributed by atoms with Crippen LogP contribution in [0.15, 0.2) is 41.3 Å². The van der Waals surface area contributed by atoms with Crippen LogP contribution in [-0.2, 0) is 22.7 Å². The number of nitrogens with one attached hydrogen (secondary N) is 2. The maximum absolute atomic E-state index is 11.9. The summed E-state index contributed by atoms with van der Waals surface area (Å²) in [5, 5.41) is 25.7. The van der Waals surface area contributed by atoms with Gasteiger partial charge in [0.15, 0.2) is 0 Å². The maximum Gasteiger partial charge on any atom is 0.237 e. The molecule has 1 unspecified atom stereocenters. The number of carbonyl (C=O) groups is 2. The highest BCUT2D eigenvalue weighted by atomic mass is 32.2. The summed E-state index contributed by atoms with van der Waals surface area (Å²) in [6, 6.07) is 10.1. The van der Waals surface area contributed by atoms with Gasteiger partial charge in [0, 0.05) is 44.4 Å². The molecular formula is C24H35N5O4S. The topological polar surface area (TPSA) is 154 Å². The summed E-state index contributed by atoms with van der Waals surface area (Å²) in [5.41, 5.74) is 13.4. The van der Waals surface area contributed by atoms with Crippen LogP contribution in [0.2, 0.25) is 0 Å². The van der Waals surface area contributed by atoms with Crippen LogP contribution in [0.3, 0.4) is 0 Å². The average molecular weight is 490 g/mol. The van der Waals surface area contributed by atoms with Crippen molar-refractivity contribution in [1.29, 1.82) is 0 Å². The van der Waals surface area contributed by atoms with Gasteiger partial charge in [0.25, 0.3) is 0 Å². The molecule has 10 heteroatoms. The summed E-state index contributed by atoms with van der Waals surface area (Å²) in [6.45, 7) is 6.68. The molecular weight excluding hydrogens is 454 g/mol. The van der Waals surface area contributed by atoms with Crippen LogP contribution >= 0.6 is 11.9 Å². The van der Waals surface area contributed by atoms with Gasteiger partial charge in [-0.05, 0) is 59.8 Å². The summed E-state index contributed by atoms with van der Waals surface area (Å²) in [5.74, 6) is -0.215. The molecule has 0 aromatic heterocycles. The van der Waals surface area contributed by atoms with E-state index in [-0.39, 0.29) is 29.2 Å². The van der Waals surface area contributed by atoms with Gasteiger partial charge in [-0.1, -0.05) is 19.9 Å². The third-order valence-electron chi connectivity index (χ3n) is 5.27. The molecule has 34 heavy (non-hydrogen) atoms. The van der Waals surface area contributed by atoms with Crippen molar-refractivity contribution in [3.8, 4) is 11.5 Å². The number of phenols is 2. The SMILES string of the molecule is CC(C)(CNC(=O)C(N)CC=O)CNc1ccc2c(c1)CN(Sc1ccc(O)cc1O)C2.CN. The van der Waals surface area contributed by atoms with E-state index in [2.05, 4.69) is 32.8 Å². The molecule has 0 fully saturated rings. The number of aromatic hydroxyl groups is 2. The number of amides is 1. The molecule has 0 bridgehead atoms. The normalized spacial score (nSPS) is 13.9. The van der Waals surface area contributed by atoms with Gasteiger partial charge in [-0.3, -0.25) is 4.79 Å². The van der Waals surface area contributed by atoms with Crippen molar-refractivity contribution < 1.29 is 19.8 Å². The number of carbonyl (C=O) groups excluding carboxylic acids is 2. The Kier molecular flexibility index (Phi) is 10.2. The predicted molar refractivity (Wildman–Crippen MR) is 135 cm³/mol. The highest BCUT2D eigenvalue weighted by Crippen LogP contribution is 2.38. The van der Waals surface area contributed by atoms with E-state index in [1.165, 1.54) is 36.2 Å². The van der Waals surface area contributed by atoms with E-state index in [4.69, 9.17) is 5.73 Å². The van der Waals surface area contributed by atoms with Crippen molar-refractivity contribution in [3.05, 3.63) is 47.5 Å². The van der Waals surface area contributed by atoms with Gasteiger partial charge in [0.1, 0.15) is 17.8 Å². The molecule has 0 spiro atoms. The van der Waals surface area contributed by atoms with E-state index in [0.29, 0.717) is 24.3 Å². The highest BCUT2D eigenvalue weighted by Gasteiger charge is 2.23. The molecule has 8 N–H and O–H groups in total. The number of benzene rings is 2. The third kappa shape index (κ3) is 7.91. The first-order valence-electron chi connectivity index (χ1n) is 11.0. The molecule has 186 valence electrons. The van der Waals surface area contributed by atoms with E-state index in [0.717, 1.165) is 18.8 Å². The predicted octanol–water partition coefficient (Wildman–Crippen LogP) is 2.17. The smallest absolute Gasteiger partial charge is 0.237 e. The molecule has 0 aliphatic carbocycles. The molecule has 1 atom stereocenters. The van der Waals surface area contributed by atoms with E-state index in [9.17, 15) is 19.8 Å². The minimum atomic E-state index is -0.808. The van der Waals surface area contributed by atoms with Crippen molar-refractivity contribution in [1.82, 2.24) is 9.62 Å². The molecule has 1 aliphatic heterocycles. The average Bonchev–Trinajstić information content (AvgIpc) is 3.21. The molecule has 0 radical (unpaired) electrons. The van der Waals surface area contributed by atoms with Gasteiger partial charge < -0.3 is 37.1 Å². The van der Waals surface area contributed by atoms with Crippen LogP contribution in [-0.4, -0.2) is 52.9 Å². The molecule has 2 aromatic carbocycles. The summed E-state index contributed by atoms with van der Waals surface area (Å²) >= 11 is 1.46. The third-order valence-corrected chi connectivity index (χ3v) is 6.33. The van der Waals surface area contributed by atoms with Crippen LogP contribution in [0.25, 0.3) is 0 Å². The fraction of sp³-hybridized carbons (Fsp3) is 0.417. The number of fused-ring (bicyclic) bond motifs is 1. The lowest BCUT2D eigenvalue weighted by Gasteiger charge is -2.26. The highest BCUT2D eigenvalue weighted by molar-refractivity contribution is 7.97. The molecule has 0 saturated carbocycles. The summed E-state index contributed by atoms with van der Waals surface area (Å²) < 4.78 is 2.16. The second-order valence-corrected chi connectivity index (χ2v) is 9.91. The number of rotatable bonds is 10. The van der Waals surface area contributed by atoms with Crippen LogP contribution < -0.4 is 22.1 Å². The zero-order valence-electron chi connectivity index (χ0n) is 19.9. The number of nitrogens with two attached hydrogens (primary N) is 2. The summed E-state index contributed by atoms with van der Waals surface area (Å²) in [4.78, 5) is 23.1. The number of phenolic OH excluding ortho intramolecular Hbond substituents is 2. The zero-order valence-corrected chi connectivity index (χ0v) is 20.7. The maximum atomic E-state index is 11.9. The molecule has 1 amide bonds. The summed E-state index contributed by atoms with van der Waals surface area (Å²) in [7, 11) is 1.50. The second kappa shape index (κ2) is 12.6. The molecule has 1 heterocycles. The van der Waals surface area contributed by atoms with Gasteiger partial charge >= 0.3 is 0 Å². The molecule has 1 aliphatic rings. The van der Waals surface area contributed by atoms with Crippen molar-refractivity contribution in [3.63, 3.8) is 0 Å². The number of hydrogen-bond donors (Lipinski definition) is 6. The van der Waals surface area contributed by atoms with Crippen LogP contribution in [0, 0.1) is 5.41 Å². The minimum Gasteiger partial charge on any atom is -0.508 e. The molecule has 9 nitrogen and oxygen atoms in total. The Labute approximate surface area is 205 Å². The number of nitrogens with zero attached hydrogens (tertiary/aromatic N) is 1. The van der Waals surface area contributed by atoms with Gasteiger partial charge in [-0.2, -0.15) is 0 Å².